The van der Waals surface area contributed by atoms with E-state index < -0.39 is 11.4 Å². The van der Waals surface area contributed by atoms with Crippen LogP contribution in [0.25, 0.3) is 20.7 Å². The highest BCUT2D eigenvalue weighted by atomic mass is 32.1. The summed E-state index contributed by atoms with van der Waals surface area (Å²) in [5.74, 6) is -0.455. The molecule has 27 heavy (non-hydrogen) atoms. The summed E-state index contributed by atoms with van der Waals surface area (Å²) in [5.41, 5.74) is -0.233. The fourth-order valence-electron chi connectivity index (χ4n) is 2.60. The molecule has 0 aliphatic rings. The molecule has 3 aromatic rings. The van der Waals surface area contributed by atoms with Crippen LogP contribution in [0, 0.1) is 17.2 Å². The number of thiophene rings is 1. The summed E-state index contributed by atoms with van der Waals surface area (Å²) >= 11 is 1.44. The van der Waals surface area contributed by atoms with Crippen molar-refractivity contribution in [1.82, 2.24) is 14.9 Å². The van der Waals surface area contributed by atoms with E-state index >= 15 is 0 Å². The predicted octanol–water partition coefficient (Wildman–Crippen LogP) is 3.18. The Morgan fingerprint density at radius 1 is 1.37 bits per heavy atom. The standard InChI is InChI=1S/C20H20N4O2S/c1-13(2)20(3,11-21)23-17(25)10-24-12-22-18-15(19(24)26)9-16(27-18)14-7-5-4-6-8-14/h4-9,12-13H,10H2,1-3H3,(H,23,25)/t20-/m0/s1. The number of nitriles is 1. The Kier molecular flexibility index (Phi) is 5.10. The van der Waals surface area contributed by atoms with Crippen molar-refractivity contribution in [2.45, 2.75) is 32.9 Å². The minimum absolute atomic E-state index is 0.0610. The highest BCUT2D eigenvalue weighted by Crippen LogP contribution is 2.30. The normalized spacial score (nSPS) is 13.3. The van der Waals surface area contributed by atoms with Crippen molar-refractivity contribution in [1.29, 1.82) is 5.26 Å². The first-order chi connectivity index (χ1) is 12.8. The molecule has 138 valence electrons. The summed E-state index contributed by atoms with van der Waals surface area (Å²) in [6.07, 6.45) is 1.38. The van der Waals surface area contributed by atoms with Crippen LogP contribution in [0.1, 0.15) is 20.8 Å². The quantitative estimate of drug-likeness (QED) is 0.736. The smallest absolute Gasteiger partial charge is 0.262 e. The molecule has 0 saturated carbocycles. The zero-order chi connectivity index (χ0) is 19.6. The lowest BCUT2D eigenvalue weighted by molar-refractivity contribution is -0.123. The Balaban J connectivity index is 1.88. The summed E-state index contributed by atoms with van der Waals surface area (Å²) in [7, 11) is 0. The Bertz CT molecular complexity index is 1080. The van der Waals surface area contributed by atoms with Crippen LogP contribution in [0.2, 0.25) is 0 Å². The van der Waals surface area contributed by atoms with Gasteiger partial charge in [-0.15, -0.1) is 11.3 Å². The van der Waals surface area contributed by atoms with E-state index in [9.17, 15) is 14.9 Å². The molecule has 0 aliphatic heterocycles. The van der Waals surface area contributed by atoms with Crippen LogP contribution in [-0.4, -0.2) is 21.0 Å². The number of benzene rings is 1. The molecule has 0 aliphatic carbocycles. The summed E-state index contributed by atoms with van der Waals surface area (Å²) in [4.78, 5) is 31.0. The van der Waals surface area contributed by atoms with Crippen molar-refractivity contribution >= 4 is 27.5 Å². The zero-order valence-electron chi connectivity index (χ0n) is 15.4. The van der Waals surface area contributed by atoms with Gasteiger partial charge in [-0.25, -0.2) is 4.98 Å². The van der Waals surface area contributed by atoms with Gasteiger partial charge in [0.25, 0.3) is 5.56 Å². The summed E-state index contributed by atoms with van der Waals surface area (Å²) < 4.78 is 1.28. The second-order valence-electron chi connectivity index (χ2n) is 6.89. The van der Waals surface area contributed by atoms with E-state index in [1.165, 1.54) is 22.2 Å². The van der Waals surface area contributed by atoms with E-state index in [2.05, 4.69) is 16.4 Å². The van der Waals surface area contributed by atoms with Gasteiger partial charge in [0.15, 0.2) is 0 Å². The van der Waals surface area contributed by atoms with Crippen molar-refractivity contribution in [2.75, 3.05) is 0 Å². The van der Waals surface area contributed by atoms with E-state index in [0.717, 1.165) is 10.4 Å². The van der Waals surface area contributed by atoms with Gasteiger partial charge in [0.1, 0.15) is 16.9 Å². The van der Waals surface area contributed by atoms with Gasteiger partial charge in [0, 0.05) is 4.88 Å². The first-order valence-electron chi connectivity index (χ1n) is 8.60. The number of hydrogen-bond donors (Lipinski definition) is 1. The van der Waals surface area contributed by atoms with Gasteiger partial charge in [0.2, 0.25) is 5.91 Å². The van der Waals surface area contributed by atoms with E-state index in [-0.39, 0.29) is 18.0 Å². The Hall–Kier alpha value is -2.98. The van der Waals surface area contributed by atoms with Crippen LogP contribution in [0.15, 0.2) is 47.5 Å². The van der Waals surface area contributed by atoms with Crippen LogP contribution in [0.5, 0.6) is 0 Å². The maximum absolute atomic E-state index is 12.8. The van der Waals surface area contributed by atoms with Gasteiger partial charge >= 0.3 is 0 Å². The number of nitrogens with zero attached hydrogens (tertiary/aromatic N) is 3. The first-order valence-corrected chi connectivity index (χ1v) is 9.42. The molecule has 1 N–H and O–H groups in total. The number of fused-ring (bicyclic) bond motifs is 1. The van der Waals surface area contributed by atoms with Gasteiger partial charge in [0.05, 0.1) is 17.8 Å². The third kappa shape index (κ3) is 3.76. The number of hydrogen-bond acceptors (Lipinski definition) is 5. The third-order valence-corrected chi connectivity index (χ3v) is 5.77. The SMILES string of the molecule is CC(C)[C@](C)(C#N)NC(=O)Cn1cnc2sc(-c3ccccc3)cc2c1=O. The molecule has 0 fully saturated rings. The van der Waals surface area contributed by atoms with Crippen LogP contribution in [0.4, 0.5) is 0 Å². The molecular formula is C20H20N4O2S. The molecule has 7 heteroatoms. The minimum Gasteiger partial charge on any atom is -0.336 e. The van der Waals surface area contributed by atoms with E-state index in [1.807, 2.05) is 50.2 Å². The zero-order valence-corrected chi connectivity index (χ0v) is 16.2. The molecule has 3 rings (SSSR count). The first kappa shape index (κ1) is 18.8. The molecular weight excluding hydrogens is 360 g/mol. The van der Waals surface area contributed by atoms with Crippen LogP contribution in [-0.2, 0) is 11.3 Å². The molecule has 0 saturated heterocycles. The highest BCUT2D eigenvalue weighted by molar-refractivity contribution is 7.21. The topological polar surface area (TPSA) is 87.8 Å². The number of carbonyl (C=O) groups excluding carboxylic acids is 1. The van der Waals surface area contributed by atoms with E-state index in [4.69, 9.17) is 0 Å². The summed E-state index contributed by atoms with van der Waals surface area (Å²) in [6.45, 7) is 5.21. The van der Waals surface area contributed by atoms with Crippen molar-refractivity contribution < 1.29 is 4.79 Å². The molecule has 1 atom stereocenters. The van der Waals surface area contributed by atoms with Crippen molar-refractivity contribution in [3.63, 3.8) is 0 Å². The number of amides is 1. The lowest BCUT2D eigenvalue weighted by atomic mass is 9.90. The van der Waals surface area contributed by atoms with Crippen LogP contribution >= 0.6 is 11.3 Å². The van der Waals surface area contributed by atoms with Gasteiger partial charge in [-0.2, -0.15) is 5.26 Å². The maximum atomic E-state index is 12.8. The number of nitrogens with one attached hydrogen (secondary N) is 1. The maximum Gasteiger partial charge on any atom is 0.262 e. The van der Waals surface area contributed by atoms with Gasteiger partial charge < -0.3 is 5.32 Å². The lowest BCUT2D eigenvalue weighted by Crippen LogP contribution is -2.50. The molecule has 1 amide bonds. The van der Waals surface area contributed by atoms with Gasteiger partial charge in [-0.05, 0) is 24.5 Å². The number of carbonyl (C=O) groups is 1. The van der Waals surface area contributed by atoms with Gasteiger partial charge in [-0.1, -0.05) is 44.2 Å². The van der Waals surface area contributed by atoms with E-state index in [1.54, 1.807) is 6.92 Å². The van der Waals surface area contributed by atoms with Crippen molar-refractivity contribution in [3.8, 4) is 16.5 Å². The summed E-state index contributed by atoms with van der Waals surface area (Å²) in [6, 6.07) is 13.7. The Labute approximate surface area is 161 Å². The summed E-state index contributed by atoms with van der Waals surface area (Å²) in [5, 5.41) is 12.5. The second kappa shape index (κ2) is 7.33. The number of rotatable bonds is 5. The van der Waals surface area contributed by atoms with Crippen LogP contribution in [0.3, 0.4) is 0 Å². The van der Waals surface area contributed by atoms with Crippen molar-refractivity contribution in [2.24, 2.45) is 5.92 Å². The Morgan fingerprint density at radius 2 is 2.07 bits per heavy atom. The average Bonchev–Trinajstić information content (AvgIpc) is 3.09. The third-order valence-electron chi connectivity index (χ3n) is 4.68. The average molecular weight is 380 g/mol. The molecule has 1 aromatic carbocycles. The van der Waals surface area contributed by atoms with Crippen molar-refractivity contribution in [3.05, 3.63) is 53.1 Å². The molecule has 6 nitrogen and oxygen atoms in total. The monoisotopic (exact) mass is 380 g/mol. The predicted molar refractivity (Wildman–Crippen MR) is 106 cm³/mol. The van der Waals surface area contributed by atoms with E-state index in [0.29, 0.717) is 10.2 Å². The molecule has 0 radical (unpaired) electrons. The molecule has 0 spiro atoms. The minimum atomic E-state index is -0.985. The Morgan fingerprint density at radius 3 is 2.70 bits per heavy atom. The van der Waals surface area contributed by atoms with Gasteiger partial charge in [-0.3, -0.25) is 14.2 Å². The van der Waals surface area contributed by atoms with Crippen LogP contribution < -0.4 is 10.9 Å². The largest absolute Gasteiger partial charge is 0.336 e. The lowest BCUT2D eigenvalue weighted by Gasteiger charge is -2.27. The molecule has 0 unspecified atom stereocenters. The fourth-order valence-corrected chi connectivity index (χ4v) is 3.60. The fraction of sp³-hybridized carbons (Fsp3) is 0.300. The highest BCUT2D eigenvalue weighted by Gasteiger charge is 2.30. The second-order valence-corrected chi connectivity index (χ2v) is 7.92. The molecule has 2 heterocycles. The molecule has 0 bridgehead atoms. The number of aromatic nitrogens is 2. The molecule has 2 aromatic heterocycles.